The molecule has 0 radical (unpaired) electrons. The van der Waals surface area contributed by atoms with Crippen LogP contribution >= 0.6 is 0 Å². The lowest BCUT2D eigenvalue weighted by molar-refractivity contribution is 0.108. The van der Waals surface area contributed by atoms with Crippen LogP contribution in [-0.4, -0.2) is 64.9 Å². The highest BCUT2D eigenvalue weighted by atomic mass is 16.5. The van der Waals surface area contributed by atoms with Crippen molar-refractivity contribution in [2.75, 3.05) is 33.7 Å². The van der Waals surface area contributed by atoms with E-state index in [0.29, 0.717) is 18.7 Å². The fraction of sp³-hybridized carbons (Fsp3) is 0.833. The maximum atomic E-state index is 9.58. The molecule has 1 aromatic rings. The second kappa shape index (κ2) is 5.77. The Kier molecular flexibility index (Phi) is 4.31. The first-order valence-corrected chi connectivity index (χ1v) is 6.49. The summed E-state index contributed by atoms with van der Waals surface area (Å²) in [5.41, 5.74) is 0. The van der Waals surface area contributed by atoms with Crippen molar-refractivity contribution in [2.24, 2.45) is 0 Å². The van der Waals surface area contributed by atoms with Gasteiger partial charge in [0.05, 0.1) is 18.6 Å². The Morgan fingerprint density at radius 3 is 2.94 bits per heavy atom. The van der Waals surface area contributed by atoms with E-state index in [9.17, 15) is 5.11 Å². The molecule has 2 atom stereocenters. The average molecular weight is 254 g/mol. The van der Waals surface area contributed by atoms with Crippen LogP contribution in [-0.2, 0) is 6.42 Å². The van der Waals surface area contributed by atoms with Crippen molar-refractivity contribution in [3.8, 4) is 0 Å². The van der Waals surface area contributed by atoms with E-state index in [1.165, 1.54) is 0 Å². The molecular weight excluding hydrogens is 232 g/mol. The van der Waals surface area contributed by atoms with Gasteiger partial charge in [0.15, 0.2) is 5.82 Å². The minimum atomic E-state index is -0.398. The molecule has 2 rings (SSSR count). The third kappa shape index (κ3) is 3.07. The van der Waals surface area contributed by atoms with Gasteiger partial charge in [-0.15, -0.1) is 0 Å². The first-order valence-electron chi connectivity index (χ1n) is 6.49. The van der Waals surface area contributed by atoms with Crippen LogP contribution in [0, 0.1) is 0 Å². The van der Waals surface area contributed by atoms with E-state index in [2.05, 4.69) is 34.0 Å². The smallest absolute Gasteiger partial charge is 0.229 e. The number of aromatic nitrogens is 2. The summed E-state index contributed by atoms with van der Waals surface area (Å²) in [5, 5.41) is 13.6. The van der Waals surface area contributed by atoms with Crippen LogP contribution in [0.1, 0.15) is 31.1 Å². The molecule has 0 bridgehead atoms. The lowest BCUT2D eigenvalue weighted by Gasteiger charge is -2.35. The van der Waals surface area contributed by atoms with E-state index in [1.807, 2.05) is 6.92 Å². The zero-order valence-electron chi connectivity index (χ0n) is 11.3. The van der Waals surface area contributed by atoms with Crippen molar-refractivity contribution in [3.05, 3.63) is 11.7 Å². The van der Waals surface area contributed by atoms with Gasteiger partial charge < -0.3 is 14.5 Å². The van der Waals surface area contributed by atoms with Gasteiger partial charge in [-0.1, -0.05) is 12.1 Å². The third-order valence-electron chi connectivity index (χ3n) is 3.51. The monoisotopic (exact) mass is 254 g/mol. The molecule has 0 amide bonds. The van der Waals surface area contributed by atoms with E-state index in [4.69, 9.17) is 4.52 Å². The van der Waals surface area contributed by atoms with Crippen molar-refractivity contribution in [3.63, 3.8) is 0 Å². The highest BCUT2D eigenvalue weighted by molar-refractivity contribution is 4.98. The Morgan fingerprint density at radius 1 is 1.44 bits per heavy atom. The molecule has 1 aliphatic rings. The minimum absolute atomic E-state index is 0.181. The first-order chi connectivity index (χ1) is 8.60. The SMILES string of the molecule is CCC(O)Cc1nc(C2CN(C)CCN2C)no1. The Bertz CT molecular complexity index is 382. The van der Waals surface area contributed by atoms with E-state index < -0.39 is 6.10 Å². The number of likely N-dealkylation sites (N-methyl/N-ethyl adjacent to an activating group) is 2. The summed E-state index contributed by atoms with van der Waals surface area (Å²) in [6.07, 6.45) is 0.740. The van der Waals surface area contributed by atoms with Crippen molar-refractivity contribution in [2.45, 2.75) is 31.9 Å². The maximum Gasteiger partial charge on any atom is 0.229 e. The zero-order chi connectivity index (χ0) is 13.1. The van der Waals surface area contributed by atoms with Crippen LogP contribution in [0.4, 0.5) is 0 Å². The largest absolute Gasteiger partial charge is 0.393 e. The molecule has 1 fully saturated rings. The Balaban J connectivity index is 2.04. The number of aliphatic hydroxyl groups excluding tert-OH is 1. The molecule has 1 aliphatic heterocycles. The summed E-state index contributed by atoms with van der Waals surface area (Å²) >= 11 is 0. The molecule has 0 spiro atoms. The molecule has 18 heavy (non-hydrogen) atoms. The van der Waals surface area contributed by atoms with Gasteiger partial charge in [-0.3, -0.25) is 4.90 Å². The molecular formula is C12H22N4O2. The molecule has 0 aromatic carbocycles. The molecule has 2 heterocycles. The summed E-state index contributed by atoms with van der Waals surface area (Å²) < 4.78 is 5.21. The average Bonchev–Trinajstić information content (AvgIpc) is 2.80. The first kappa shape index (κ1) is 13.5. The summed E-state index contributed by atoms with van der Waals surface area (Å²) in [6.45, 7) is 4.91. The molecule has 6 nitrogen and oxygen atoms in total. The Labute approximate surface area is 108 Å². The van der Waals surface area contributed by atoms with Crippen LogP contribution in [0.3, 0.4) is 0 Å². The number of hydrogen-bond donors (Lipinski definition) is 1. The molecule has 6 heteroatoms. The van der Waals surface area contributed by atoms with Crippen LogP contribution in [0.25, 0.3) is 0 Å². The lowest BCUT2D eigenvalue weighted by atomic mass is 10.1. The van der Waals surface area contributed by atoms with E-state index in [0.717, 1.165) is 25.5 Å². The van der Waals surface area contributed by atoms with Crippen molar-refractivity contribution in [1.82, 2.24) is 19.9 Å². The Hall–Kier alpha value is -0.980. The van der Waals surface area contributed by atoms with Crippen molar-refractivity contribution < 1.29 is 9.63 Å². The highest BCUT2D eigenvalue weighted by Crippen LogP contribution is 2.21. The Morgan fingerprint density at radius 2 is 2.22 bits per heavy atom. The van der Waals surface area contributed by atoms with Gasteiger partial charge in [-0.05, 0) is 20.5 Å². The van der Waals surface area contributed by atoms with E-state index in [1.54, 1.807) is 0 Å². The second-order valence-corrected chi connectivity index (χ2v) is 5.07. The third-order valence-corrected chi connectivity index (χ3v) is 3.51. The lowest BCUT2D eigenvalue weighted by Crippen LogP contribution is -2.45. The van der Waals surface area contributed by atoms with E-state index >= 15 is 0 Å². The van der Waals surface area contributed by atoms with Gasteiger partial charge in [-0.25, -0.2) is 0 Å². The standard InChI is InChI=1S/C12H22N4O2/c1-4-9(17)7-11-13-12(14-18-11)10-8-15(2)5-6-16(10)3/h9-10,17H,4-8H2,1-3H3. The van der Waals surface area contributed by atoms with Crippen LogP contribution in [0.15, 0.2) is 4.52 Å². The summed E-state index contributed by atoms with van der Waals surface area (Å²) in [7, 11) is 4.18. The highest BCUT2D eigenvalue weighted by Gasteiger charge is 2.28. The quantitative estimate of drug-likeness (QED) is 0.833. The molecule has 102 valence electrons. The predicted octanol–water partition coefficient (Wildman–Crippen LogP) is 0.301. The summed E-state index contributed by atoms with van der Waals surface area (Å²) in [4.78, 5) is 8.91. The van der Waals surface area contributed by atoms with Gasteiger partial charge in [0.2, 0.25) is 5.89 Å². The van der Waals surface area contributed by atoms with Gasteiger partial charge in [-0.2, -0.15) is 4.98 Å². The van der Waals surface area contributed by atoms with Crippen LogP contribution < -0.4 is 0 Å². The van der Waals surface area contributed by atoms with Crippen LogP contribution in [0.2, 0.25) is 0 Å². The second-order valence-electron chi connectivity index (χ2n) is 5.07. The summed E-state index contributed by atoms with van der Waals surface area (Å²) in [5.74, 6) is 1.25. The molecule has 1 saturated heterocycles. The number of rotatable bonds is 4. The number of hydrogen-bond acceptors (Lipinski definition) is 6. The van der Waals surface area contributed by atoms with Gasteiger partial charge in [0.25, 0.3) is 0 Å². The minimum Gasteiger partial charge on any atom is -0.393 e. The fourth-order valence-corrected chi connectivity index (χ4v) is 2.12. The number of nitrogens with zero attached hydrogens (tertiary/aromatic N) is 4. The maximum absolute atomic E-state index is 9.58. The molecule has 0 aliphatic carbocycles. The molecule has 2 unspecified atom stereocenters. The topological polar surface area (TPSA) is 65.6 Å². The van der Waals surface area contributed by atoms with Gasteiger partial charge >= 0.3 is 0 Å². The van der Waals surface area contributed by atoms with Gasteiger partial charge in [0.1, 0.15) is 0 Å². The van der Waals surface area contributed by atoms with E-state index in [-0.39, 0.29) is 6.04 Å². The molecule has 1 aromatic heterocycles. The summed E-state index contributed by atoms with van der Waals surface area (Å²) in [6, 6.07) is 0.181. The molecule has 1 N–H and O–H groups in total. The van der Waals surface area contributed by atoms with Crippen molar-refractivity contribution in [1.29, 1.82) is 0 Å². The number of piperazine rings is 1. The zero-order valence-corrected chi connectivity index (χ0v) is 11.3. The van der Waals surface area contributed by atoms with Crippen molar-refractivity contribution >= 4 is 0 Å². The normalized spacial score (nSPS) is 24.3. The van der Waals surface area contributed by atoms with Gasteiger partial charge in [0, 0.05) is 19.6 Å². The fourth-order valence-electron chi connectivity index (χ4n) is 2.12. The predicted molar refractivity (Wildman–Crippen MR) is 67.2 cm³/mol. The number of aliphatic hydroxyl groups is 1. The molecule has 0 saturated carbocycles. The van der Waals surface area contributed by atoms with Crippen LogP contribution in [0.5, 0.6) is 0 Å².